The third kappa shape index (κ3) is 5.25. The Morgan fingerprint density at radius 3 is 2.38 bits per heavy atom. The summed E-state index contributed by atoms with van der Waals surface area (Å²) in [6.07, 6.45) is 1.31. The van der Waals surface area contributed by atoms with E-state index in [1.807, 2.05) is 24.3 Å². The lowest BCUT2D eigenvalue weighted by atomic mass is 10.1. The Bertz CT molecular complexity index is 1520. The molecule has 4 aromatic rings. The van der Waals surface area contributed by atoms with Crippen LogP contribution in [0.5, 0.6) is 5.75 Å². The van der Waals surface area contributed by atoms with Gasteiger partial charge in [-0.05, 0) is 58.8 Å². The fourth-order valence-electron chi connectivity index (χ4n) is 3.09. The van der Waals surface area contributed by atoms with Crippen LogP contribution in [0, 0.1) is 10.1 Å². The van der Waals surface area contributed by atoms with Gasteiger partial charge in [-0.25, -0.2) is 9.63 Å². The molecule has 0 heterocycles. The summed E-state index contributed by atoms with van der Waals surface area (Å²) in [6, 6.07) is 23.6. The molecule has 1 N–H and O–H groups in total. The number of non-ortho nitro benzene ring substituents is 1. The van der Waals surface area contributed by atoms with Gasteiger partial charge in [-0.3, -0.25) is 10.1 Å². The van der Waals surface area contributed by atoms with Gasteiger partial charge in [0.1, 0.15) is 5.75 Å². The molecule has 0 saturated heterocycles. The van der Waals surface area contributed by atoms with Gasteiger partial charge < -0.3 is 4.74 Å². The van der Waals surface area contributed by atoms with Crippen LogP contribution in [-0.4, -0.2) is 25.5 Å². The van der Waals surface area contributed by atoms with Crippen molar-refractivity contribution in [3.63, 3.8) is 0 Å². The van der Waals surface area contributed by atoms with E-state index in [0.717, 1.165) is 16.8 Å². The molecule has 0 fully saturated rings. The minimum absolute atomic E-state index is 0.0444. The molecule has 0 aliphatic carbocycles. The maximum Gasteiger partial charge on any atom is 0.343 e. The van der Waals surface area contributed by atoms with E-state index in [4.69, 9.17) is 4.74 Å². The number of nitrogens with zero attached hydrogens (tertiary/aromatic N) is 2. The summed E-state index contributed by atoms with van der Waals surface area (Å²) in [5.41, 5.74) is 0.381. The van der Waals surface area contributed by atoms with Crippen LogP contribution in [0.4, 0.5) is 5.69 Å². The quantitative estimate of drug-likeness (QED) is 0.140. The van der Waals surface area contributed by atoms with Gasteiger partial charge in [0.2, 0.25) is 0 Å². The first kappa shape index (κ1) is 22.6. The summed E-state index contributed by atoms with van der Waals surface area (Å²) in [5, 5.41) is 16.4. The van der Waals surface area contributed by atoms with E-state index in [1.54, 1.807) is 24.3 Å². The van der Waals surface area contributed by atoms with Crippen molar-refractivity contribution in [1.29, 1.82) is 0 Å². The molecule has 0 aromatic heterocycles. The molecule has 0 spiro atoms. The second-order valence-corrected chi connectivity index (χ2v) is 8.79. The predicted octanol–water partition coefficient (Wildman–Crippen LogP) is 4.28. The van der Waals surface area contributed by atoms with Crippen LogP contribution >= 0.6 is 0 Å². The van der Waals surface area contributed by atoms with Gasteiger partial charge in [0.15, 0.2) is 0 Å². The van der Waals surface area contributed by atoms with Crippen LogP contribution in [0.2, 0.25) is 0 Å². The molecule has 0 bridgehead atoms. The van der Waals surface area contributed by atoms with E-state index in [2.05, 4.69) is 9.93 Å². The Balaban J connectivity index is 1.40. The van der Waals surface area contributed by atoms with Crippen LogP contribution in [-0.2, 0) is 10.0 Å². The van der Waals surface area contributed by atoms with Crippen LogP contribution in [0.3, 0.4) is 0 Å². The lowest BCUT2D eigenvalue weighted by Crippen LogP contribution is -2.18. The molecule has 170 valence electrons. The summed E-state index contributed by atoms with van der Waals surface area (Å²) >= 11 is 0. The number of nitrogens with one attached hydrogen (secondary N) is 1. The van der Waals surface area contributed by atoms with E-state index in [0.29, 0.717) is 5.56 Å². The molecule has 0 unspecified atom stereocenters. The normalized spacial score (nSPS) is 11.4. The number of carbonyl (C=O) groups is 1. The second-order valence-electron chi connectivity index (χ2n) is 7.13. The number of nitro groups is 1. The zero-order valence-electron chi connectivity index (χ0n) is 17.5. The highest BCUT2D eigenvalue weighted by atomic mass is 32.2. The smallest absolute Gasteiger partial charge is 0.343 e. The van der Waals surface area contributed by atoms with Gasteiger partial charge in [-0.2, -0.15) is 13.5 Å². The number of benzene rings is 4. The largest absolute Gasteiger partial charge is 0.423 e. The van der Waals surface area contributed by atoms with E-state index in [9.17, 15) is 23.3 Å². The predicted molar refractivity (Wildman–Crippen MR) is 126 cm³/mol. The molecule has 4 aromatic carbocycles. The minimum atomic E-state index is -3.85. The van der Waals surface area contributed by atoms with Gasteiger partial charge in [-0.15, -0.1) is 0 Å². The van der Waals surface area contributed by atoms with Crippen molar-refractivity contribution in [3.05, 3.63) is 112 Å². The first-order valence-corrected chi connectivity index (χ1v) is 11.4. The third-order valence-corrected chi connectivity index (χ3v) is 6.02. The Morgan fingerprint density at radius 1 is 0.912 bits per heavy atom. The molecular weight excluding hydrogens is 458 g/mol. The highest BCUT2D eigenvalue weighted by Crippen LogP contribution is 2.19. The summed E-state index contributed by atoms with van der Waals surface area (Å²) < 4.78 is 30.3. The minimum Gasteiger partial charge on any atom is -0.423 e. The first-order chi connectivity index (χ1) is 16.3. The molecule has 0 atom stereocenters. The Kier molecular flexibility index (Phi) is 6.33. The lowest BCUT2D eigenvalue weighted by Gasteiger charge is -2.06. The SMILES string of the molecule is O=C(Oc1ccc(/C=N/NS(=O)(=O)c2ccc3ccccc3c2)cc1)c1cccc([N+](=O)[O-])c1. The molecule has 34 heavy (non-hydrogen) atoms. The Labute approximate surface area is 194 Å². The van der Waals surface area contributed by atoms with E-state index < -0.39 is 20.9 Å². The number of carbonyl (C=O) groups excluding carboxylic acids is 1. The van der Waals surface area contributed by atoms with Gasteiger partial charge >= 0.3 is 5.97 Å². The van der Waals surface area contributed by atoms with Crippen LogP contribution in [0.15, 0.2) is 101 Å². The number of fused-ring (bicyclic) bond motifs is 1. The summed E-state index contributed by atoms with van der Waals surface area (Å²) in [6.45, 7) is 0. The number of hydrogen-bond acceptors (Lipinski definition) is 7. The molecule has 0 radical (unpaired) electrons. The second kappa shape index (κ2) is 9.51. The zero-order chi connectivity index (χ0) is 24.1. The van der Waals surface area contributed by atoms with E-state index in [-0.39, 0.29) is 21.9 Å². The van der Waals surface area contributed by atoms with Crippen molar-refractivity contribution in [2.24, 2.45) is 5.10 Å². The highest BCUT2D eigenvalue weighted by Gasteiger charge is 2.14. The number of esters is 1. The van der Waals surface area contributed by atoms with E-state index >= 15 is 0 Å². The standard InChI is InChI=1S/C24H17N3O6S/c28-24(20-6-3-7-21(14-20)27(29)30)33-22-11-8-17(9-12-22)16-25-26-34(31,32)23-13-10-18-4-1-2-5-19(18)15-23/h1-16,26H/b25-16+. The maximum atomic E-state index is 12.5. The third-order valence-electron chi connectivity index (χ3n) is 4.80. The molecule has 9 nitrogen and oxygen atoms in total. The Hall–Kier alpha value is -4.57. The summed E-state index contributed by atoms with van der Waals surface area (Å²) in [5.74, 6) is -0.529. The lowest BCUT2D eigenvalue weighted by molar-refractivity contribution is -0.384. The van der Waals surface area contributed by atoms with Crippen molar-refractivity contribution in [1.82, 2.24) is 4.83 Å². The van der Waals surface area contributed by atoms with Crippen LogP contribution in [0.25, 0.3) is 10.8 Å². The van der Waals surface area contributed by atoms with Crippen molar-refractivity contribution in [2.75, 3.05) is 0 Å². The average molecular weight is 475 g/mol. The maximum absolute atomic E-state index is 12.5. The molecule has 10 heteroatoms. The van der Waals surface area contributed by atoms with Crippen molar-refractivity contribution >= 4 is 38.7 Å². The first-order valence-electron chi connectivity index (χ1n) is 9.92. The fraction of sp³-hybridized carbons (Fsp3) is 0. The van der Waals surface area contributed by atoms with Crippen LogP contribution < -0.4 is 9.57 Å². The fourth-order valence-corrected chi connectivity index (χ4v) is 3.92. The topological polar surface area (TPSA) is 128 Å². The number of hydrazone groups is 1. The molecule has 0 amide bonds. The highest BCUT2D eigenvalue weighted by molar-refractivity contribution is 7.89. The molecule has 4 rings (SSSR count). The Morgan fingerprint density at radius 2 is 1.65 bits per heavy atom. The molecule has 0 saturated carbocycles. The molecule has 0 aliphatic heterocycles. The number of nitro benzene ring substituents is 1. The molecular formula is C24H17N3O6S. The number of rotatable bonds is 7. The van der Waals surface area contributed by atoms with Crippen molar-refractivity contribution < 1.29 is 22.9 Å². The number of sulfonamides is 1. The zero-order valence-corrected chi connectivity index (χ0v) is 18.3. The van der Waals surface area contributed by atoms with Crippen molar-refractivity contribution in [2.45, 2.75) is 4.90 Å². The average Bonchev–Trinajstić information content (AvgIpc) is 2.84. The number of ether oxygens (including phenoxy) is 1. The van der Waals surface area contributed by atoms with E-state index in [1.165, 1.54) is 42.6 Å². The number of hydrogen-bond donors (Lipinski definition) is 1. The van der Waals surface area contributed by atoms with Crippen molar-refractivity contribution in [3.8, 4) is 5.75 Å². The summed E-state index contributed by atoms with van der Waals surface area (Å²) in [4.78, 5) is 24.7. The van der Waals surface area contributed by atoms with Gasteiger partial charge in [0.05, 0.1) is 21.6 Å². The van der Waals surface area contributed by atoms with Crippen LogP contribution in [0.1, 0.15) is 15.9 Å². The van der Waals surface area contributed by atoms with Gasteiger partial charge in [0, 0.05) is 12.1 Å². The monoisotopic (exact) mass is 475 g/mol. The van der Waals surface area contributed by atoms with Gasteiger partial charge in [0.25, 0.3) is 15.7 Å². The van der Waals surface area contributed by atoms with Gasteiger partial charge in [-0.1, -0.05) is 36.4 Å². The summed E-state index contributed by atoms with van der Waals surface area (Å²) in [7, 11) is -3.85. The molecule has 0 aliphatic rings.